The Morgan fingerprint density at radius 1 is 1.17 bits per heavy atom. The number of H-pyrrole nitrogens is 1. The molecule has 1 fully saturated rings. The molecule has 29 heavy (non-hydrogen) atoms. The number of nitrogens with zero attached hydrogens (tertiary/aromatic N) is 3. The van der Waals surface area contributed by atoms with E-state index in [0.29, 0.717) is 18.5 Å². The van der Waals surface area contributed by atoms with E-state index in [0.717, 1.165) is 53.9 Å². The molecule has 1 saturated heterocycles. The van der Waals surface area contributed by atoms with Gasteiger partial charge in [-0.2, -0.15) is 0 Å². The van der Waals surface area contributed by atoms with Crippen LogP contribution in [0.5, 0.6) is 0 Å². The Balaban J connectivity index is 1.42. The van der Waals surface area contributed by atoms with Gasteiger partial charge in [0.1, 0.15) is 5.82 Å². The average Bonchev–Trinajstić information content (AvgIpc) is 3.49. The summed E-state index contributed by atoms with van der Waals surface area (Å²) in [5, 5.41) is 0. The molecule has 2 aromatic carbocycles. The van der Waals surface area contributed by atoms with Crippen LogP contribution in [0.25, 0.3) is 11.0 Å². The predicted octanol–water partition coefficient (Wildman–Crippen LogP) is 3.84. The van der Waals surface area contributed by atoms with E-state index >= 15 is 0 Å². The minimum Gasteiger partial charge on any atom is -0.340 e. The van der Waals surface area contributed by atoms with Gasteiger partial charge in [-0.15, -0.1) is 0 Å². The molecule has 3 heterocycles. The van der Waals surface area contributed by atoms with Crippen molar-refractivity contribution in [1.82, 2.24) is 14.9 Å². The SMILES string of the molecule is CCC(=O)N1CCc2cc(C(=O)N3CCCC3c3nc4ccccc4[nH]3)ccc21. The number of imidazole rings is 1. The number of rotatable bonds is 3. The summed E-state index contributed by atoms with van der Waals surface area (Å²) in [6.45, 7) is 3.31. The van der Waals surface area contributed by atoms with E-state index in [9.17, 15) is 9.59 Å². The zero-order chi connectivity index (χ0) is 20.0. The van der Waals surface area contributed by atoms with E-state index in [2.05, 4.69) is 4.98 Å². The highest BCUT2D eigenvalue weighted by atomic mass is 16.2. The summed E-state index contributed by atoms with van der Waals surface area (Å²) in [5.74, 6) is 1.03. The number of anilines is 1. The third-order valence-electron chi connectivity index (χ3n) is 6.06. The summed E-state index contributed by atoms with van der Waals surface area (Å²) in [5.41, 5.74) is 4.65. The van der Waals surface area contributed by atoms with E-state index in [-0.39, 0.29) is 17.9 Å². The van der Waals surface area contributed by atoms with Crippen molar-refractivity contribution in [2.24, 2.45) is 0 Å². The number of hydrogen-bond acceptors (Lipinski definition) is 3. The lowest BCUT2D eigenvalue weighted by atomic mass is 10.1. The molecule has 0 saturated carbocycles. The zero-order valence-corrected chi connectivity index (χ0v) is 16.5. The molecule has 148 valence electrons. The summed E-state index contributed by atoms with van der Waals surface area (Å²) < 4.78 is 0. The van der Waals surface area contributed by atoms with Crippen LogP contribution in [-0.2, 0) is 11.2 Å². The highest BCUT2D eigenvalue weighted by Crippen LogP contribution is 2.34. The van der Waals surface area contributed by atoms with Gasteiger partial charge in [0, 0.05) is 30.8 Å². The number of para-hydroxylation sites is 2. The molecule has 0 aliphatic carbocycles. The van der Waals surface area contributed by atoms with Crippen molar-refractivity contribution in [2.45, 2.75) is 38.6 Å². The second-order valence-electron chi connectivity index (χ2n) is 7.79. The molecule has 0 spiro atoms. The number of nitrogens with one attached hydrogen (secondary N) is 1. The molecular weight excluding hydrogens is 364 g/mol. The Bertz CT molecular complexity index is 1070. The normalized spacial score (nSPS) is 18.4. The molecule has 5 rings (SSSR count). The standard InChI is InChI=1S/C23H24N4O2/c1-2-21(28)26-13-11-15-14-16(9-10-19(15)26)23(29)27-12-5-8-20(27)22-24-17-6-3-4-7-18(17)25-22/h3-4,6-7,9-10,14,20H,2,5,8,11-13H2,1H3,(H,24,25). The van der Waals surface area contributed by atoms with Gasteiger partial charge in [-0.05, 0) is 55.2 Å². The first-order valence-electron chi connectivity index (χ1n) is 10.3. The maximum atomic E-state index is 13.3. The lowest BCUT2D eigenvalue weighted by Gasteiger charge is -2.24. The van der Waals surface area contributed by atoms with Crippen LogP contribution in [0, 0.1) is 0 Å². The van der Waals surface area contributed by atoms with Gasteiger partial charge >= 0.3 is 0 Å². The van der Waals surface area contributed by atoms with E-state index in [1.165, 1.54) is 0 Å². The molecule has 1 unspecified atom stereocenters. The fraction of sp³-hybridized carbons (Fsp3) is 0.348. The van der Waals surface area contributed by atoms with Gasteiger partial charge in [-0.1, -0.05) is 19.1 Å². The first-order chi connectivity index (χ1) is 14.2. The van der Waals surface area contributed by atoms with Crippen LogP contribution in [0.3, 0.4) is 0 Å². The number of aromatic nitrogens is 2. The maximum absolute atomic E-state index is 13.3. The first kappa shape index (κ1) is 17.9. The van der Waals surface area contributed by atoms with Crippen LogP contribution in [0.1, 0.15) is 54.0 Å². The summed E-state index contributed by atoms with van der Waals surface area (Å²) in [7, 11) is 0. The van der Waals surface area contributed by atoms with Gasteiger partial charge in [-0.25, -0.2) is 4.98 Å². The van der Waals surface area contributed by atoms with Crippen LogP contribution in [-0.4, -0.2) is 39.8 Å². The van der Waals surface area contributed by atoms with Gasteiger partial charge in [0.2, 0.25) is 5.91 Å². The third kappa shape index (κ3) is 2.99. The molecule has 2 aliphatic heterocycles. The summed E-state index contributed by atoms with van der Waals surface area (Å²) in [4.78, 5) is 37.3. The number of likely N-dealkylation sites (tertiary alicyclic amines) is 1. The molecule has 2 amide bonds. The minimum atomic E-state index is -0.0266. The summed E-state index contributed by atoms with van der Waals surface area (Å²) in [6.07, 6.45) is 3.18. The van der Waals surface area contributed by atoms with Crippen molar-refractivity contribution < 1.29 is 9.59 Å². The molecule has 2 aliphatic rings. The quantitative estimate of drug-likeness (QED) is 0.741. The Labute approximate surface area is 169 Å². The van der Waals surface area contributed by atoms with E-state index in [1.54, 1.807) is 0 Å². The molecule has 0 radical (unpaired) electrons. The van der Waals surface area contributed by atoms with Crippen LogP contribution >= 0.6 is 0 Å². The number of carbonyl (C=O) groups is 2. The van der Waals surface area contributed by atoms with Gasteiger partial charge in [0.05, 0.1) is 17.1 Å². The number of hydrogen-bond donors (Lipinski definition) is 1. The van der Waals surface area contributed by atoms with Crippen molar-refractivity contribution in [1.29, 1.82) is 0 Å². The van der Waals surface area contributed by atoms with Crippen molar-refractivity contribution in [2.75, 3.05) is 18.0 Å². The van der Waals surface area contributed by atoms with E-state index in [1.807, 2.05) is 59.2 Å². The van der Waals surface area contributed by atoms with Gasteiger partial charge < -0.3 is 14.8 Å². The fourth-order valence-electron chi connectivity index (χ4n) is 4.57. The number of benzene rings is 2. The van der Waals surface area contributed by atoms with Gasteiger partial charge in [-0.3, -0.25) is 9.59 Å². The van der Waals surface area contributed by atoms with E-state index in [4.69, 9.17) is 4.98 Å². The number of carbonyl (C=O) groups excluding carboxylic acids is 2. The second kappa shape index (κ2) is 7.03. The lowest BCUT2D eigenvalue weighted by molar-refractivity contribution is -0.118. The molecule has 1 atom stereocenters. The van der Waals surface area contributed by atoms with Crippen LogP contribution in [0.2, 0.25) is 0 Å². The van der Waals surface area contributed by atoms with Crippen LogP contribution in [0.4, 0.5) is 5.69 Å². The van der Waals surface area contributed by atoms with Crippen LogP contribution in [0.15, 0.2) is 42.5 Å². The Hall–Kier alpha value is -3.15. The smallest absolute Gasteiger partial charge is 0.254 e. The topological polar surface area (TPSA) is 69.3 Å². The largest absolute Gasteiger partial charge is 0.340 e. The second-order valence-corrected chi connectivity index (χ2v) is 7.79. The van der Waals surface area contributed by atoms with Crippen LogP contribution < -0.4 is 4.90 Å². The van der Waals surface area contributed by atoms with E-state index < -0.39 is 0 Å². The number of fused-ring (bicyclic) bond motifs is 2. The van der Waals surface area contributed by atoms with Crippen molar-refractivity contribution in [3.05, 3.63) is 59.4 Å². The fourth-order valence-corrected chi connectivity index (χ4v) is 4.57. The molecule has 3 aromatic rings. The molecule has 1 N–H and O–H groups in total. The molecule has 6 heteroatoms. The number of aromatic amines is 1. The van der Waals surface area contributed by atoms with Crippen molar-refractivity contribution in [3.63, 3.8) is 0 Å². The highest BCUT2D eigenvalue weighted by molar-refractivity contribution is 5.98. The Morgan fingerprint density at radius 2 is 2.03 bits per heavy atom. The van der Waals surface area contributed by atoms with Crippen molar-refractivity contribution in [3.8, 4) is 0 Å². The van der Waals surface area contributed by atoms with Crippen molar-refractivity contribution >= 4 is 28.5 Å². The molecule has 0 bridgehead atoms. The predicted molar refractivity (Wildman–Crippen MR) is 112 cm³/mol. The Morgan fingerprint density at radius 3 is 2.86 bits per heavy atom. The molecule has 1 aromatic heterocycles. The monoisotopic (exact) mass is 388 g/mol. The average molecular weight is 388 g/mol. The first-order valence-corrected chi connectivity index (χ1v) is 10.3. The number of amides is 2. The zero-order valence-electron chi connectivity index (χ0n) is 16.5. The maximum Gasteiger partial charge on any atom is 0.254 e. The Kier molecular flexibility index (Phi) is 4.34. The lowest BCUT2D eigenvalue weighted by Crippen LogP contribution is -2.31. The molecular formula is C23H24N4O2. The summed E-state index contributed by atoms with van der Waals surface area (Å²) >= 11 is 0. The highest BCUT2D eigenvalue weighted by Gasteiger charge is 2.33. The van der Waals surface area contributed by atoms with Gasteiger partial charge in [0.15, 0.2) is 0 Å². The summed E-state index contributed by atoms with van der Waals surface area (Å²) in [6, 6.07) is 13.7. The third-order valence-corrected chi connectivity index (χ3v) is 6.06. The van der Waals surface area contributed by atoms with Gasteiger partial charge in [0.25, 0.3) is 5.91 Å². The minimum absolute atomic E-state index is 0.0266. The molecule has 6 nitrogen and oxygen atoms in total.